The van der Waals surface area contributed by atoms with E-state index in [4.69, 9.17) is 9.15 Å². The van der Waals surface area contributed by atoms with Crippen LogP contribution in [0.15, 0.2) is 15.3 Å². The molecule has 1 aliphatic heterocycles. The van der Waals surface area contributed by atoms with Crippen molar-refractivity contribution in [3.63, 3.8) is 0 Å². The van der Waals surface area contributed by atoms with Crippen LogP contribution in [0.1, 0.15) is 43.6 Å². The Kier molecular flexibility index (Phi) is 2.15. The summed E-state index contributed by atoms with van der Waals surface area (Å²) in [6.07, 6.45) is 4.30. The van der Waals surface area contributed by atoms with Gasteiger partial charge in [0.25, 0.3) is 0 Å². The van der Waals surface area contributed by atoms with Gasteiger partial charge in [-0.1, -0.05) is 12.8 Å². The average molecular weight is 234 g/mol. The fraction of sp³-hybridized carbons (Fsp3) is 0.538. The maximum Gasteiger partial charge on any atom is 0.312 e. The maximum atomic E-state index is 11.8. The molecule has 0 N–H and O–H groups in total. The molecule has 3 rings (SSSR count). The first-order chi connectivity index (χ1) is 8.11. The number of ether oxygens (including phenoxy) is 1. The molecule has 17 heavy (non-hydrogen) atoms. The lowest BCUT2D eigenvalue weighted by atomic mass is 9.78. The molecule has 0 bridgehead atoms. The van der Waals surface area contributed by atoms with Crippen LogP contribution in [0.5, 0.6) is 5.75 Å². The molecule has 1 aliphatic carbocycles. The number of esters is 1. The van der Waals surface area contributed by atoms with Crippen molar-refractivity contribution in [2.24, 2.45) is 0 Å². The van der Waals surface area contributed by atoms with Crippen LogP contribution in [0.3, 0.4) is 0 Å². The van der Waals surface area contributed by atoms with Crippen molar-refractivity contribution < 1.29 is 13.9 Å². The highest BCUT2D eigenvalue weighted by Crippen LogP contribution is 2.48. The standard InChI is InChI=1S/C13H14O4/c1-8-6-9(14)11-12(16-8)13(4-2-3-5-13)7-10(15)17-11/h6H,2-5,7H2,1H3. The van der Waals surface area contributed by atoms with Crippen LogP contribution in [0, 0.1) is 6.92 Å². The number of hydrogen-bond acceptors (Lipinski definition) is 4. The summed E-state index contributed by atoms with van der Waals surface area (Å²) < 4.78 is 10.7. The molecular weight excluding hydrogens is 220 g/mol. The van der Waals surface area contributed by atoms with Crippen molar-refractivity contribution in [2.45, 2.75) is 44.4 Å². The molecule has 0 unspecified atom stereocenters. The molecule has 2 aliphatic rings. The molecule has 0 radical (unpaired) electrons. The van der Waals surface area contributed by atoms with Crippen molar-refractivity contribution in [2.75, 3.05) is 0 Å². The Bertz CT molecular complexity index is 535. The largest absolute Gasteiger partial charge is 0.462 e. The minimum Gasteiger partial charge on any atom is -0.462 e. The van der Waals surface area contributed by atoms with Gasteiger partial charge in [-0.2, -0.15) is 0 Å². The highest BCUT2D eigenvalue weighted by atomic mass is 16.5. The Balaban J connectivity index is 2.25. The molecule has 0 aromatic carbocycles. The van der Waals surface area contributed by atoms with Crippen LogP contribution < -0.4 is 10.2 Å². The molecule has 1 aromatic rings. The van der Waals surface area contributed by atoms with Crippen LogP contribution in [0.25, 0.3) is 0 Å². The van der Waals surface area contributed by atoms with Gasteiger partial charge in [0.1, 0.15) is 5.76 Å². The summed E-state index contributed by atoms with van der Waals surface area (Å²) in [7, 11) is 0. The van der Waals surface area contributed by atoms with Crippen molar-refractivity contribution in [3.8, 4) is 5.75 Å². The maximum absolute atomic E-state index is 11.8. The highest BCUT2D eigenvalue weighted by Gasteiger charge is 2.47. The molecule has 0 saturated heterocycles. The van der Waals surface area contributed by atoms with E-state index in [0.29, 0.717) is 17.9 Å². The van der Waals surface area contributed by atoms with Crippen molar-refractivity contribution in [3.05, 3.63) is 27.8 Å². The van der Waals surface area contributed by atoms with E-state index >= 15 is 0 Å². The summed E-state index contributed by atoms with van der Waals surface area (Å²) in [5.74, 6) is 0.988. The first kappa shape index (κ1) is 10.6. The predicted octanol–water partition coefficient (Wildman–Crippen LogP) is 2.07. The van der Waals surface area contributed by atoms with E-state index in [1.807, 2.05) is 0 Å². The Morgan fingerprint density at radius 1 is 1.24 bits per heavy atom. The van der Waals surface area contributed by atoms with Crippen LogP contribution >= 0.6 is 0 Å². The SMILES string of the molecule is Cc1cc(=O)c2c(o1)C1(CCCC1)CC(=O)O2. The van der Waals surface area contributed by atoms with Crippen LogP contribution in [0.2, 0.25) is 0 Å². The Morgan fingerprint density at radius 3 is 2.65 bits per heavy atom. The Labute approximate surface area is 98.6 Å². The van der Waals surface area contributed by atoms with E-state index in [0.717, 1.165) is 25.7 Å². The number of rotatable bonds is 0. The van der Waals surface area contributed by atoms with E-state index in [1.165, 1.54) is 6.07 Å². The molecule has 0 amide bonds. The number of aryl methyl sites for hydroxylation is 1. The quantitative estimate of drug-likeness (QED) is 0.645. The molecular formula is C13H14O4. The summed E-state index contributed by atoms with van der Waals surface area (Å²) in [5, 5.41) is 0. The number of carbonyl (C=O) groups is 1. The van der Waals surface area contributed by atoms with Crippen molar-refractivity contribution >= 4 is 5.97 Å². The van der Waals surface area contributed by atoms with Crippen LogP contribution in [0.4, 0.5) is 0 Å². The Morgan fingerprint density at radius 2 is 1.94 bits per heavy atom. The third-order valence-electron chi connectivity index (χ3n) is 3.77. The van der Waals surface area contributed by atoms with E-state index in [1.54, 1.807) is 6.92 Å². The second-order valence-corrected chi connectivity index (χ2v) is 5.02. The zero-order chi connectivity index (χ0) is 12.0. The van der Waals surface area contributed by atoms with Gasteiger partial charge in [-0.3, -0.25) is 9.59 Å². The van der Waals surface area contributed by atoms with Crippen LogP contribution in [-0.4, -0.2) is 5.97 Å². The topological polar surface area (TPSA) is 56.5 Å². The van der Waals surface area contributed by atoms with Gasteiger partial charge in [0.2, 0.25) is 11.2 Å². The molecule has 4 heteroatoms. The number of hydrogen-bond donors (Lipinski definition) is 0. The third kappa shape index (κ3) is 1.51. The second-order valence-electron chi connectivity index (χ2n) is 5.02. The first-order valence-corrected chi connectivity index (χ1v) is 5.97. The fourth-order valence-electron chi connectivity index (χ4n) is 3.01. The van der Waals surface area contributed by atoms with Gasteiger partial charge in [-0.15, -0.1) is 0 Å². The molecule has 2 heterocycles. The minimum atomic E-state index is -0.310. The van der Waals surface area contributed by atoms with Crippen LogP contribution in [-0.2, 0) is 10.2 Å². The highest BCUT2D eigenvalue weighted by molar-refractivity contribution is 5.77. The molecule has 4 nitrogen and oxygen atoms in total. The second kappa shape index (κ2) is 3.45. The normalized spacial score (nSPS) is 21.4. The lowest BCUT2D eigenvalue weighted by molar-refractivity contribution is -0.138. The van der Waals surface area contributed by atoms with Crippen molar-refractivity contribution in [1.82, 2.24) is 0 Å². The lowest BCUT2D eigenvalue weighted by Crippen LogP contribution is -2.36. The zero-order valence-electron chi connectivity index (χ0n) is 9.75. The van der Waals surface area contributed by atoms with Crippen molar-refractivity contribution in [1.29, 1.82) is 0 Å². The molecule has 90 valence electrons. The average Bonchev–Trinajstić information content (AvgIpc) is 2.69. The monoisotopic (exact) mass is 234 g/mol. The number of carbonyl (C=O) groups excluding carboxylic acids is 1. The summed E-state index contributed by atoms with van der Waals surface area (Å²) in [6.45, 7) is 1.75. The van der Waals surface area contributed by atoms with E-state index in [9.17, 15) is 9.59 Å². The van der Waals surface area contributed by atoms with Gasteiger partial charge in [0.05, 0.1) is 6.42 Å². The van der Waals surface area contributed by atoms with Gasteiger partial charge in [-0.05, 0) is 19.8 Å². The lowest BCUT2D eigenvalue weighted by Gasteiger charge is -2.31. The van der Waals surface area contributed by atoms with Gasteiger partial charge in [0.15, 0.2) is 5.76 Å². The van der Waals surface area contributed by atoms with E-state index in [2.05, 4.69) is 0 Å². The molecule has 1 spiro atoms. The van der Waals surface area contributed by atoms with E-state index < -0.39 is 0 Å². The van der Waals surface area contributed by atoms with Gasteiger partial charge < -0.3 is 9.15 Å². The summed E-state index contributed by atoms with van der Waals surface area (Å²) in [5.41, 5.74) is -0.529. The molecule has 0 atom stereocenters. The zero-order valence-corrected chi connectivity index (χ0v) is 9.75. The summed E-state index contributed by atoms with van der Waals surface area (Å²) in [6, 6.07) is 1.38. The van der Waals surface area contributed by atoms with Gasteiger partial charge in [0, 0.05) is 11.5 Å². The van der Waals surface area contributed by atoms with Gasteiger partial charge in [-0.25, -0.2) is 0 Å². The predicted molar refractivity (Wildman–Crippen MR) is 60.1 cm³/mol. The first-order valence-electron chi connectivity index (χ1n) is 5.97. The fourth-order valence-corrected chi connectivity index (χ4v) is 3.01. The summed E-state index contributed by atoms with van der Waals surface area (Å²) in [4.78, 5) is 23.5. The number of fused-ring (bicyclic) bond motifs is 2. The molecule has 1 saturated carbocycles. The summed E-state index contributed by atoms with van der Waals surface area (Å²) >= 11 is 0. The minimum absolute atomic E-state index is 0.119. The van der Waals surface area contributed by atoms with Gasteiger partial charge >= 0.3 is 5.97 Å². The van der Waals surface area contributed by atoms with E-state index in [-0.39, 0.29) is 22.6 Å². The third-order valence-corrected chi connectivity index (χ3v) is 3.77. The Hall–Kier alpha value is -1.58. The molecule has 1 aromatic heterocycles. The smallest absolute Gasteiger partial charge is 0.312 e. The molecule has 1 fully saturated rings.